The Morgan fingerprint density at radius 1 is 0.522 bits per heavy atom. The van der Waals surface area contributed by atoms with Gasteiger partial charge in [-0.25, -0.2) is 8.42 Å². The van der Waals surface area contributed by atoms with Crippen LogP contribution in [0.15, 0.2) is 0 Å². The van der Waals surface area contributed by atoms with Gasteiger partial charge in [0, 0.05) is 0 Å². The van der Waals surface area contributed by atoms with Crippen LogP contribution in [0.4, 0.5) is 57.1 Å². The van der Waals surface area contributed by atoms with Gasteiger partial charge in [0.1, 0.15) is 0 Å². The van der Waals surface area contributed by atoms with Crippen molar-refractivity contribution < 1.29 is 65.5 Å². The molecule has 23 heavy (non-hydrogen) atoms. The van der Waals surface area contributed by atoms with Crippen LogP contribution in [0.1, 0.15) is 0 Å². The summed E-state index contributed by atoms with van der Waals surface area (Å²) in [5, 5.41) is -1.90. The molecule has 139 valence electrons. The lowest BCUT2D eigenvalue weighted by Crippen LogP contribution is -2.71. The van der Waals surface area contributed by atoms with E-state index in [1.807, 2.05) is 0 Å². The van der Waals surface area contributed by atoms with Gasteiger partial charge < -0.3 is 0 Å². The Hall–Kier alpha value is -1.00. The molecule has 0 unspecified atom stereocenters. The Kier molecular flexibility index (Phi) is 4.78. The fourth-order valence-electron chi connectivity index (χ4n) is 0.924. The van der Waals surface area contributed by atoms with Crippen LogP contribution in [0, 0.1) is 0 Å². The molecule has 3 nitrogen and oxygen atoms in total. The first-order chi connectivity index (χ1) is 9.50. The van der Waals surface area contributed by atoms with Crippen LogP contribution < -0.4 is 5.14 Å². The van der Waals surface area contributed by atoms with E-state index in [2.05, 4.69) is 0 Å². The molecule has 0 bridgehead atoms. The largest absolute Gasteiger partial charge is 0.460 e. The van der Waals surface area contributed by atoms with Crippen LogP contribution in [-0.2, 0) is 10.0 Å². The minimum atomic E-state index is -8.21. The molecule has 0 aliphatic heterocycles. The zero-order valence-corrected chi connectivity index (χ0v) is 10.5. The van der Waals surface area contributed by atoms with Crippen LogP contribution in [0.3, 0.4) is 0 Å². The van der Waals surface area contributed by atoms with Gasteiger partial charge in [-0.2, -0.15) is 57.1 Å². The van der Waals surface area contributed by atoms with Crippen LogP contribution in [0.25, 0.3) is 0 Å². The minimum absolute atomic E-state index is 5.51. The number of rotatable bonds is 5. The third kappa shape index (κ3) is 2.70. The van der Waals surface area contributed by atoms with Gasteiger partial charge in [0.2, 0.25) is 0 Å². The monoisotopic (exact) mass is 398 g/mol. The Morgan fingerprint density at radius 3 is 1.00 bits per heavy atom. The maximum absolute atomic E-state index is 12.7. The molecule has 0 fully saturated rings. The van der Waals surface area contributed by atoms with Crippen molar-refractivity contribution in [1.29, 1.82) is 0 Å². The molecular weight excluding hydrogens is 397 g/mol. The molecule has 0 saturated carbocycles. The molecule has 0 aromatic carbocycles. The van der Waals surface area contributed by atoms with Crippen molar-refractivity contribution in [1.82, 2.24) is 5.14 Å². The highest BCUT2D eigenvalue weighted by Crippen LogP contribution is 2.60. The lowest BCUT2D eigenvalue weighted by Gasteiger charge is -2.38. The maximum atomic E-state index is 12.7. The van der Waals surface area contributed by atoms with E-state index >= 15 is 0 Å². The van der Waals surface area contributed by atoms with Crippen LogP contribution in [0.5, 0.6) is 0 Å². The average Bonchev–Trinajstić information content (AvgIpc) is 2.24. The summed E-state index contributed by atoms with van der Waals surface area (Å²) in [7, 11) is -7.36. The molecule has 0 aliphatic carbocycles. The number of hydrogen-bond acceptors (Lipinski definition) is 2. The molecular formula is C6HF13NO2S. The minimum Gasteiger partial charge on any atom is -0.204 e. The van der Waals surface area contributed by atoms with Crippen molar-refractivity contribution >= 4 is 10.0 Å². The topological polar surface area (TPSA) is 57.9 Å². The third-order valence-corrected chi connectivity index (χ3v) is 3.17. The Morgan fingerprint density at radius 2 is 0.783 bits per heavy atom. The number of halogens is 13. The van der Waals surface area contributed by atoms with Gasteiger partial charge in [0.15, 0.2) is 0 Å². The summed E-state index contributed by atoms with van der Waals surface area (Å²) in [5.74, 6) is -32.3. The van der Waals surface area contributed by atoms with Gasteiger partial charge in [-0.05, 0) is 0 Å². The molecule has 0 heterocycles. The van der Waals surface area contributed by atoms with Crippen LogP contribution >= 0.6 is 0 Å². The molecule has 0 aromatic heterocycles. The second kappa shape index (κ2) is 5.00. The van der Waals surface area contributed by atoms with Crippen molar-refractivity contribution in [2.75, 3.05) is 0 Å². The number of alkyl halides is 13. The Bertz CT molecular complexity index is 562. The molecule has 0 spiro atoms. The second-order valence-electron chi connectivity index (χ2n) is 3.82. The Balaban J connectivity index is 6.48. The second-order valence-corrected chi connectivity index (χ2v) is 5.34. The van der Waals surface area contributed by atoms with E-state index < -0.39 is 45.1 Å². The molecule has 1 radical (unpaired) electrons. The van der Waals surface area contributed by atoms with Gasteiger partial charge in [-0.1, -0.05) is 0 Å². The SMILES string of the molecule is [NH]S(=O)(=O)C(F)(F)C(F)(F)C(F)(F)C(F)(F)C(F)(F)C(F)(F)F. The number of sulfonamides is 1. The summed E-state index contributed by atoms with van der Waals surface area (Å²) in [6, 6.07) is 0. The van der Waals surface area contributed by atoms with Crippen LogP contribution in [0.2, 0.25) is 0 Å². The van der Waals surface area contributed by atoms with E-state index in [4.69, 9.17) is 5.14 Å². The van der Waals surface area contributed by atoms with Gasteiger partial charge in [-0.15, -0.1) is 5.14 Å². The third-order valence-electron chi connectivity index (χ3n) is 2.24. The van der Waals surface area contributed by atoms with Crippen molar-refractivity contribution in [2.45, 2.75) is 35.1 Å². The van der Waals surface area contributed by atoms with E-state index in [9.17, 15) is 65.5 Å². The van der Waals surface area contributed by atoms with Gasteiger partial charge in [0.05, 0.1) is 0 Å². The zero-order chi connectivity index (χ0) is 19.5. The van der Waals surface area contributed by atoms with Crippen molar-refractivity contribution in [2.24, 2.45) is 0 Å². The molecule has 17 heteroatoms. The average molecular weight is 398 g/mol. The summed E-state index contributed by atoms with van der Waals surface area (Å²) in [4.78, 5) is 0. The maximum Gasteiger partial charge on any atom is 0.460 e. The van der Waals surface area contributed by atoms with Gasteiger partial charge in [0.25, 0.3) is 10.0 Å². The lowest BCUT2D eigenvalue weighted by atomic mass is 9.98. The molecule has 0 aromatic rings. The predicted octanol–water partition coefficient (Wildman–Crippen LogP) is 3.30. The van der Waals surface area contributed by atoms with E-state index in [1.165, 1.54) is 0 Å². The fourth-order valence-corrected chi connectivity index (χ4v) is 1.39. The highest BCUT2D eigenvalue weighted by molar-refractivity contribution is 7.89. The highest BCUT2D eigenvalue weighted by Gasteiger charge is 2.92. The first kappa shape index (κ1) is 22.0. The molecule has 1 N–H and O–H groups in total. The van der Waals surface area contributed by atoms with Gasteiger partial charge >= 0.3 is 35.1 Å². The first-order valence-corrected chi connectivity index (χ1v) is 5.93. The van der Waals surface area contributed by atoms with Crippen molar-refractivity contribution in [3.63, 3.8) is 0 Å². The zero-order valence-electron chi connectivity index (χ0n) is 9.64. The Labute approximate surface area is 117 Å². The van der Waals surface area contributed by atoms with E-state index in [0.29, 0.717) is 0 Å². The number of hydrogen-bond donors (Lipinski definition) is 0. The molecule has 0 amide bonds. The summed E-state index contributed by atoms with van der Waals surface area (Å²) in [6.45, 7) is 0. The first-order valence-electron chi connectivity index (χ1n) is 4.45. The molecule has 0 aliphatic rings. The summed E-state index contributed by atoms with van der Waals surface area (Å²) >= 11 is 0. The lowest BCUT2D eigenvalue weighted by molar-refractivity contribution is -0.433. The molecule has 0 atom stereocenters. The quantitative estimate of drug-likeness (QED) is 0.668. The summed E-state index contributed by atoms with van der Waals surface area (Å²) in [6.07, 6.45) is -7.58. The van der Waals surface area contributed by atoms with E-state index in [-0.39, 0.29) is 0 Å². The summed E-state index contributed by atoms with van der Waals surface area (Å²) < 4.78 is 181. The smallest absolute Gasteiger partial charge is 0.204 e. The highest BCUT2D eigenvalue weighted by atomic mass is 32.2. The molecule has 0 saturated heterocycles. The normalized spacial score (nSPS) is 16.6. The predicted molar refractivity (Wildman–Crippen MR) is 42.8 cm³/mol. The van der Waals surface area contributed by atoms with Crippen LogP contribution in [-0.4, -0.2) is 43.5 Å². The summed E-state index contributed by atoms with van der Waals surface area (Å²) in [5.41, 5.74) is 0. The van der Waals surface area contributed by atoms with E-state index in [0.717, 1.165) is 0 Å². The van der Waals surface area contributed by atoms with Crippen molar-refractivity contribution in [3.05, 3.63) is 0 Å². The molecule has 0 rings (SSSR count). The van der Waals surface area contributed by atoms with Crippen molar-refractivity contribution in [3.8, 4) is 0 Å². The standard InChI is InChI=1S/C6HF13NO2S/c7-1(8,3(11,12)5(15,16)17)2(9,10)4(13,14)6(18,19)23(20,21)22/h20H. The van der Waals surface area contributed by atoms with Gasteiger partial charge in [-0.3, -0.25) is 0 Å². The van der Waals surface area contributed by atoms with E-state index in [1.54, 1.807) is 0 Å². The fraction of sp³-hybridized carbons (Fsp3) is 1.00. The number of nitrogens with one attached hydrogen (secondary N) is 1.